The lowest BCUT2D eigenvalue weighted by molar-refractivity contribution is -0.143. The maximum atomic E-state index is 14.2. The molecule has 0 saturated carbocycles. The van der Waals surface area contributed by atoms with E-state index in [-0.39, 0.29) is 36.8 Å². The molecule has 0 spiro atoms. The second-order valence-electron chi connectivity index (χ2n) is 12.3. The van der Waals surface area contributed by atoms with Crippen LogP contribution < -0.4 is 27.0 Å². The molecule has 0 unspecified atom stereocenters. The highest BCUT2D eigenvalue weighted by molar-refractivity contribution is 7.89. The summed E-state index contributed by atoms with van der Waals surface area (Å²) in [6.45, 7) is 5.55. The minimum absolute atomic E-state index is 0.0673. The molecular weight excluding hydrogens is 586 g/mol. The van der Waals surface area contributed by atoms with E-state index in [9.17, 15) is 27.9 Å². The molecule has 2 aromatic rings. The van der Waals surface area contributed by atoms with E-state index in [2.05, 4.69) is 15.6 Å². The second-order valence-corrected chi connectivity index (χ2v) is 14.2. The van der Waals surface area contributed by atoms with E-state index in [4.69, 9.17) is 11.5 Å². The fourth-order valence-electron chi connectivity index (χ4n) is 5.39. The van der Waals surface area contributed by atoms with Gasteiger partial charge in [0.05, 0.1) is 4.90 Å². The lowest BCUT2D eigenvalue weighted by Crippen LogP contribution is -2.60. The van der Waals surface area contributed by atoms with Gasteiger partial charge in [-0.15, -0.1) is 0 Å². The Hall–Kier alpha value is -3.91. The molecule has 3 atom stereocenters. The Kier molecular flexibility index (Phi) is 11.2. The Labute approximate surface area is 259 Å². The number of fused-ring (bicyclic) bond motifs is 1. The smallest absolute Gasteiger partial charge is 0.326 e. The zero-order valence-corrected chi connectivity index (χ0v) is 26.9. The van der Waals surface area contributed by atoms with E-state index in [1.807, 2.05) is 31.1 Å². The van der Waals surface area contributed by atoms with Crippen LogP contribution in [0.25, 0.3) is 10.8 Å². The van der Waals surface area contributed by atoms with Crippen LogP contribution in [0.15, 0.2) is 46.3 Å². The SMILES string of the molecule is CN(C)c1cccc2c(S(=O)(=O)N3CCCC[C@H]3C(=O)N[C@H](C(=O)N[C@@H](CCCN=C(N)N)C(=O)O)C(C)(C)C)cccc12. The average molecular weight is 632 g/mol. The topological polar surface area (TPSA) is 201 Å². The van der Waals surface area contributed by atoms with Crippen molar-refractivity contribution in [1.29, 1.82) is 0 Å². The van der Waals surface area contributed by atoms with Crippen molar-refractivity contribution < 1.29 is 27.9 Å². The first-order valence-electron chi connectivity index (χ1n) is 14.7. The number of carboxylic acid groups (broad SMARTS) is 1. The number of rotatable bonds is 12. The van der Waals surface area contributed by atoms with Crippen molar-refractivity contribution in [1.82, 2.24) is 14.9 Å². The lowest BCUT2D eigenvalue weighted by atomic mass is 9.85. The molecule has 2 aromatic carbocycles. The summed E-state index contributed by atoms with van der Waals surface area (Å²) < 4.78 is 29.6. The van der Waals surface area contributed by atoms with Gasteiger partial charge in [0, 0.05) is 43.6 Å². The Morgan fingerprint density at radius 1 is 1.07 bits per heavy atom. The fourth-order valence-corrected chi connectivity index (χ4v) is 7.26. The number of carbonyl (C=O) groups is 3. The molecule has 13 nitrogen and oxygen atoms in total. The number of carboxylic acids is 1. The van der Waals surface area contributed by atoms with E-state index in [1.165, 1.54) is 4.31 Å². The van der Waals surface area contributed by atoms with Crippen molar-refractivity contribution in [3.63, 3.8) is 0 Å². The molecule has 44 heavy (non-hydrogen) atoms. The molecule has 0 aromatic heterocycles. The van der Waals surface area contributed by atoms with Crippen LogP contribution in [0, 0.1) is 5.41 Å². The maximum Gasteiger partial charge on any atom is 0.326 e. The molecule has 242 valence electrons. The summed E-state index contributed by atoms with van der Waals surface area (Å²) in [5.74, 6) is -2.65. The first kappa shape index (κ1) is 34.6. The minimum atomic E-state index is -4.12. The van der Waals surface area contributed by atoms with Gasteiger partial charge < -0.3 is 32.1 Å². The first-order valence-corrected chi connectivity index (χ1v) is 16.1. The number of aliphatic imine (C=N–C) groups is 1. The zero-order chi connectivity index (χ0) is 32.8. The Morgan fingerprint density at radius 2 is 1.73 bits per heavy atom. The summed E-state index contributed by atoms with van der Waals surface area (Å²) >= 11 is 0. The van der Waals surface area contributed by atoms with Crippen LogP contribution in [0.1, 0.15) is 52.9 Å². The van der Waals surface area contributed by atoms with Crippen LogP contribution >= 0.6 is 0 Å². The van der Waals surface area contributed by atoms with Crippen LogP contribution in [-0.4, -0.2) is 86.9 Å². The van der Waals surface area contributed by atoms with Gasteiger partial charge in [-0.1, -0.05) is 51.5 Å². The predicted octanol–water partition coefficient (Wildman–Crippen LogP) is 1.60. The van der Waals surface area contributed by atoms with Gasteiger partial charge in [-0.2, -0.15) is 4.31 Å². The van der Waals surface area contributed by atoms with Crippen LogP contribution in [0.4, 0.5) is 5.69 Å². The second kappa shape index (κ2) is 14.2. The largest absolute Gasteiger partial charge is 0.480 e. The van der Waals surface area contributed by atoms with Crippen LogP contribution in [-0.2, 0) is 24.4 Å². The number of sulfonamides is 1. The van der Waals surface area contributed by atoms with E-state index in [0.717, 1.165) is 11.1 Å². The molecule has 2 amide bonds. The predicted molar refractivity (Wildman–Crippen MR) is 171 cm³/mol. The molecule has 1 heterocycles. The van der Waals surface area contributed by atoms with Gasteiger partial charge in [-0.3, -0.25) is 14.6 Å². The van der Waals surface area contributed by atoms with E-state index < -0.39 is 51.3 Å². The normalized spacial score (nSPS) is 17.3. The van der Waals surface area contributed by atoms with Crippen LogP contribution in [0.2, 0.25) is 0 Å². The Balaban J connectivity index is 1.87. The van der Waals surface area contributed by atoms with Crippen molar-refractivity contribution >= 4 is 50.2 Å². The van der Waals surface area contributed by atoms with Crippen molar-refractivity contribution in [2.45, 2.75) is 75.9 Å². The van der Waals surface area contributed by atoms with Gasteiger partial charge in [-0.25, -0.2) is 13.2 Å². The summed E-state index contributed by atoms with van der Waals surface area (Å²) in [6, 6.07) is 7.15. The summed E-state index contributed by atoms with van der Waals surface area (Å²) in [5, 5.41) is 16.3. The maximum absolute atomic E-state index is 14.2. The van der Waals surface area contributed by atoms with E-state index >= 15 is 0 Å². The molecule has 0 bridgehead atoms. The summed E-state index contributed by atoms with van der Waals surface area (Å²) in [5.41, 5.74) is 10.7. The number of hydrogen-bond acceptors (Lipinski definition) is 7. The standard InChI is InChI=1S/C30H45N7O6S/c1-30(2,3)25(27(39)34-21(28(40)41)13-10-17-33-29(31)32)35-26(38)23-14-6-7-18-37(23)44(42,43)24-16-9-11-19-20(24)12-8-15-22(19)36(4)5/h8-9,11-12,15-16,21,23,25H,6-7,10,13-14,17-18H2,1-5H3,(H,34,39)(H,35,38)(H,40,41)(H4,31,32,33)/t21-,23-,25+/m0/s1. The van der Waals surface area contributed by atoms with Gasteiger partial charge in [0.1, 0.15) is 18.1 Å². The number of nitrogens with one attached hydrogen (secondary N) is 2. The van der Waals surface area contributed by atoms with Crippen LogP contribution in [0.5, 0.6) is 0 Å². The van der Waals surface area contributed by atoms with Gasteiger partial charge in [0.15, 0.2) is 5.96 Å². The molecule has 1 aliphatic rings. The lowest BCUT2D eigenvalue weighted by Gasteiger charge is -2.37. The number of carbonyl (C=O) groups excluding carboxylic acids is 2. The number of guanidine groups is 1. The highest BCUT2D eigenvalue weighted by Gasteiger charge is 2.42. The minimum Gasteiger partial charge on any atom is -0.480 e. The molecule has 1 aliphatic heterocycles. The molecule has 7 N–H and O–H groups in total. The number of nitrogens with zero attached hydrogens (tertiary/aromatic N) is 3. The van der Waals surface area contributed by atoms with Crippen molar-refractivity contribution in [2.75, 3.05) is 32.1 Å². The summed E-state index contributed by atoms with van der Waals surface area (Å²) in [7, 11) is -0.353. The molecule has 0 radical (unpaired) electrons. The Morgan fingerprint density at radius 3 is 2.34 bits per heavy atom. The Bertz CT molecular complexity index is 1500. The number of anilines is 1. The van der Waals surface area contributed by atoms with Crippen molar-refractivity contribution in [2.24, 2.45) is 21.9 Å². The number of aliphatic carboxylic acids is 1. The zero-order valence-electron chi connectivity index (χ0n) is 26.0. The van der Waals surface area contributed by atoms with E-state index in [1.54, 1.807) is 45.0 Å². The number of nitrogens with two attached hydrogens (primary N) is 2. The number of amides is 2. The van der Waals surface area contributed by atoms with Gasteiger partial charge in [-0.05, 0) is 43.2 Å². The van der Waals surface area contributed by atoms with Gasteiger partial charge in [0.25, 0.3) is 0 Å². The molecule has 14 heteroatoms. The molecular formula is C30H45N7O6S. The van der Waals surface area contributed by atoms with Crippen molar-refractivity contribution in [3.05, 3.63) is 36.4 Å². The molecule has 1 saturated heterocycles. The summed E-state index contributed by atoms with van der Waals surface area (Å²) in [4.78, 5) is 44.9. The van der Waals surface area contributed by atoms with Gasteiger partial charge >= 0.3 is 5.97 Å². The fraction of sp³-hybridized carbons (Fsp3) is 0.533. The highest BCUT2D eigenvalue weighted by atomic mass is 32.2. The molecule has 1 fully saturated rings. The molecule has 3 rings (SSSR count). The van der Waals surface area contributed by atoms with E-state index in [0.29, 0.717) is 24.6 Å². The number of piperidine rings is 1. The molecule has 0 aliphatic carbocycles. The third-order valence-corrected chi connectivity index (χ3v) is 9.62. The van der Waals surface area contributed by atoms with Gasteiger partial charge in [0.2, 0.25) is 21.8 Å². The number of benzene rings is 2. The third-order valence-electron chi connectivity index (χ3n) is 7.66. The monoisotopic (exact) mass is 631 g/mol. The quantitative estimate of drug-likeness (QED) is 0.131. The van der Waals surface area contributed by atoms with Crippen LogP contribution in [0.3, 0.4) is 0 Å². The first-order chi connectivity index (χ1) is 20.6. The third kappa shape index (κ3) is 8.17. The highest BCUT2D eigenvalue weighted by Crippen LogP contribution is 2.34. The summed E-state index contributed by atoms with van der Waals surface area (Å²) in [6.07, 6.45) is 1.87. The van der Waals surface area contributed by atoms with Crippen molar-refractivity contribution in [3.8, 4) is 0 Å². The number of hydrogen-bond donors (Lipinski definition) is 5. The average Bonchev–Trinajstić information content (AvgIpc) is 2.95.